The predicted octanol–water partition coefficient (Wildman–Crippen LogP) is 2.06. The monoisotopic (exact) mass is 432 g/mol. The van der Waals surface area contributed by atoms with Crippen LogP contribution in [0, 0.1) is 5.95 Å². The van der Waals surface area contributed by atoms with Crippen molar-refractivity contribution in [3.05, 3.63) is 53.5 Å². The second kappa shape index (κ2) is 7.22. The average molecular weight is 432 g/mol. The van der Waals surface area contributed by atoms with Crippen LogP contribution in [0.1, 0.15) is 41.1 Å². The number of halogens is 3. The lowest BCUT2D eigenvalue weighted by Crippen LogP contribution is -2.51. The van der Waals surface area contributed by atoms with Gasteiger partial charge in [0.2, 0.25) is 11.9 Å². The molecular weight excluding hydrogens is 417 g/mol. The van der Waals surface area contributed by atoms with Crippen LogP contribution in [-0.4, -0.2) is 44.7 Å². The van der Waals surface area contributed by atoms with Crippen LogP contribution in [0.2, 0.25) is 0 Å². The molecule has 1 aliphatic heterocycles. The van der Waals surface area contributed by atoms with E-state index < -0.39 is 30.4 Å². The summed E-state index contributed by atoms with van der Waals surface area (Å²) in [5.74, 6) is -2.11. The van der Waals surface area contributed by atoms with E-state index >= 15 is 0 Å². The quantitative estimate of drug-likeness (QED) is 0.639. The number of carbonyl (C=O) groups is 2. The van der Waals surface area contributed by atoms with Crippen LogP contribution < -0.4 is 15.4 Å². The maximum absolute atomic E-state index is 14.3. The van der Waals surface area contributed by atoms with Crippen molar-refractivity contribution in [2.24, 2.45) is 0 Å². The SMILES string of the molecule is O=C1NCC(c2cc([C@H]3C[C@@H]3c3ccc(OC(F)F)cn3)c3ncc(F)n3n2)C(=O)N1. The minimum absolute atomic E-state index is 0.0284. The first-order valence-corrected chi connectivity index (χ1v) is 9.44. The highest BCUT2D eigenvalue weighted by molar-refractivity contribution is 6.00. The summed E-state index contributed by atoms with van der Waals surface area (Å²) in [7, 11) is 0. The molecule has 0 bridgehead atoms. The Hall–Kier alpha value is -3.70. The Bertz CT molecular complexity index is 1180. The van der Waals surface area contributed by atoms with E-state index in [2.05, 4.69) is 30.4 Å². The molecule has 5 rings (SSSR count). The lowest BCUT2D eigenvalue weighted by atomic mass is 9.99. The van der Waals surface area contributed by atoms with Gasteiger partial charge in [0.15, 0.2) is 5.65 Å². The first-order chi connectivity index (χ1) is 14.9. The van der Waals surface area contributed by atoms with Crippen LogP contribution in [0.25, 0.3) is 5.65 Å². The second-order valence-electron chi connectivity index (χ2n) is 7.34. The van der Waals surface area contributed by atoms with Gasteiger partial charge in [-0.05, 0) is 30.5 Å². The Morgan fingerprint density at radius 1 is 1.13 bits per heavy atom. The first kappa shape index (κ1) is 19.3. The fraction of sp³-hybridized carbons (Fsp3) is 0.316. The zero-order valence-electron chi connectivity index (χ0n) is 15.8. The zero-order valence-corrected chi connectivity index (χ0v) is 15.8. The number of aromatic nitrogens is 4. The summed E-state index contributed by atoms with van der Waals surface area (Å²) >= 11 is 0. The highest BCUT2D eigenvalue weighted by Crippen LogP contribution is 2.55. The number of imide groups is 1. The molecule has 0 spiro atoms. The van der Waals surface area contributed by atoms with Gasteiger partial charge in [-0.25, -0.2) is 9.78 Å². The first-order valence-electron chi connectivity index (χ1n) is 9.44. The Morgan fingerprint density at radius 3 is 2.68 bits per heavy atom. The molecule has 1 aliphatic carbocycles. The summed E-state index contributed by atoms with van der Waals surface area (Å²) in [6.07, 6.45) is 2.96. The second-order valence-corrected chi connectivity index (χ2v) is 7.34. The van der Waals surface area contributed by atoms with Gasteiger partial charge in [-0.2, -0.15) is 22.8 Å². The van der Waals surface area contributed by atoms with Gasteiger partial charge < -0.3 is 10.1 Å². The van der Waals surface area contributed by atoms with Gasteiger partial charge in [-0.15, -0.1) is 0 Å². The number of nitrogens with zero attached hydrogens (tertiary/aromatic N) is 4. The lowest BCUT2D eigenvalue weighted by molar-refractivity contribution is -0.122. The van der Waals surface area contributed by atoms with Gasteiger partial charge >= 0.3 is 12.6 Å². The number of urea groups is 1. The van der Waals surface area contributed by atoms with Crippen molar-refractivity contribution >= 4 is 17.6 Å². The molecule has 31 heavy (non-hydrogen) atoms. The van der Waals surface area contributed by atoms with Crippen molar-refractivity contribution < 1.29 is 27.5 Å². The standard InChI is InChI=1S/C19H15F3N6O3/c20-15-7-24-16-11(4-14(27-28(15)16)12-6-25-19(30)26-17(12)29)9-3-10(9)13-2-1-8(5-23-13)31-18(21)22/h1-2,4-5,7,9-10,12,18H,3,6H2,(H2,25,26,29,30)/t9-,10-,12?/m0/s1. The highest BCUT2D eigenvalue weighted by atomic mass is 19.3. The largest absolute Gasteiger partial charge is 0.433 e. The summed E-state index contributed by atoms with van der Waals surface area (Å²) in [6, 6.07) is 4.13. The van der Waals surface area contributed by atoms with Crippen molar-refractivity contribution in [2.45, 2.75) is 30.8 Å². The number of hydrogen-bond donors (Lipinski definition) is 2. The van der Waals surface area contributed by atoms with E-state index in [4.69, 9.17) is 0 Å². The predicted molar refractivity (Wildman–Crippen MR) is 98.2 cm³/mol. The topological polar surface area (TPSA) is 111 Å². The average Bonchev–Trinajstić information content (AvgIpc) is 3.44. The summed E-state index contributed by atoms with van der Waals surface area (Å²) in [5.41, 5.74) is 2.00. The van der Waals surface area contributed by atoms with Crippen molar-refractivity contribution in [1.29, 1.82) is 0 Å². The minimum atomic E-state index is -2.93. The maximum Gasteiger partial charge on any atom is 0.387 e. The molecule has 3 atom stereocenters. The Labute approximate surface area is 172 Å². The molecule has 1 unspecified atom stereocenters. The van der Waals surface area contributed by atoms with Crippen molar-refractivity contribution in [3.8, 4) is 5.75 Å². The minimum Gasteiger partial charge on any atom is -0.433 e. The summed E-state index contributed by atoms with van der Waals surface area (Å²) in [6.45, 7) is -2.89. The number of alkyl halides is 2. The molecule has 2 N–H and O–H groups in total. The third-order valence-corrected chi connectivity index (χ3v) is 5.40. The molecule has 0 aromatic carbocycles. The van der Waals surface area contributed by atoms with E-state index in [1.54, 1.807) is 12.1 Å². The van der Waals surface area contributed by atoms with Gasteiger partial charge in [0.05, 0.1) is 24.0 Å². The molecule has 1 saturated carbocycles. The number of pyridine rings is 1. The number of carbonyl (C=O) groups excluding carboxylic acids is 2. The van der Waals surface area contributed by atoms with E-state index in [0.29, 0.717) is 29.0 Å². The van der Waals surface area contributed by atoms with Gasteiger partial charge in [0, 0.05) is 23.7 Å². The summed E-state index contributed by atoms with van der Waals surface area (Å²) in [5, 5.41) is 8.92. The molecule has 12 heteroatoms. The van der Waals surface area contributed by atoms with E-state index in [0.717, 1.165) is 10.7 Å². The molecule has 3 aromatic rings. The van der Waals surface area contributed by atoms with Crippen LogP contribution in [0.15, 0.2) is 30.6 Å². The van der Waals surface area contributed by atoms with E-state index in [1.807, 2.05) is 0 Å². The fourth-order valence-corrected chi connectivity index (χ4v) is 3.85. The molecule has 1 saturated heterocycles. The molecular formula is C19H15F3N6O3. The summed E-state index contributed by atoms with van der Waals surface area (Å²) in [4.78, 5) is 31.9. The smallest absolute Gasteiger partial charge is 0.387 e. The van der Waals surface area contributed by atoms with Crippen molar-refractivity contribution in [3.63, 3.8) is 0 Å². The molecule has 2 fully saturated rings. The van der Waals surface area contributed by atoms with E-state index in [-0.39, 0.29) is 24.1 Å². The molecule has 9 nitrogen and oxygen atoms in total. The molecule has 0 radical (unpaired) electrons. The molecule has 2 aliphatic rings. The Kier molecular flexibility index (Phi) is 4.49. The zero-order chi connectivity index (χ0) is 21.7. The number of hydrogen-bond acceptors (Lipinski definition) is 6. The van der Waals surface area contributed by atoms with Gasteiger partial charge in [-0.3, -0.25) is 15.1 Å². The molecule has 4 heterocycles. The van der Waals surface area contributed by atoms with Crippen LogP contribution in [-0.2, 0) is 4.79 Å². The van der Waals surface area contributed by atoms with Crippen molar-refractivity contribution in [1.82, 2.24) is 30.2 Å². The number of amides is 3. The third kappa shape index (κ3) is 3.53. The van der Waals surface area contributed by atoms with Crippen LogP contribution >= 0.6 is 0 Å². The fourth-order valence-electron chi connectivity index (χ4n) is 3.85. The van der Waals surface area contributed by atoms with E-state index in [1.165, 1.54) is 12.3 Å². The van der Waals surface area contributed by atoms with Crippen LogP contribution in [0.5, 0.6) is 5.75 Å². The van der Waals surface area contributed by atoms with Crippen LogP contribution in [0.4, 0.5) is 18.0 Å². The van der Waals surface area contributed by atoms with Crippen LogP contribution in [0.3, 0.4) is 0 Å². The number of imidazole rings is 1. The maximum atomic E-state index is 14.3. The molecule has 160 valence electrons. The lowest BCUT2D eigenvalue weighted by Gasteiger charge is -2.22. The Morgan fingerprint density at radius 2 is 1.97 bits per heavy atom. The number of fused-ring (bicyclic) bond motifs is 1. The summed E-state index contributed by atoms with van der Waals surface area (Å²) < 4.78 is 44.3. The number of nitrogens with one attached hydrogen (secondary N) is 2. The highest BCUT2D eigenvalue weighted by Gasteiger charge is 2.43. The van der Waals surface area contributed by atoms with E-state index in [9.17, 15) is 22.8 Å². The van der Waals surface area contributed by atoms with Gasteiger partial charge in [0.25, 0.3) is 0 Å². The van der Waals surface area contributed by atoms with Gasteiger partial charge in [-0.1, -0.05) is 0 Å². The number of rotatable bonds is 5. The number of ether oxygens (including phenoxy) is 1. The Balaban J connectivity index is 1.46. The van der Waals surface area contributed by atoms with Gasteiger partial charge in [0.1, 0.15) is 5.75 Å². The molecule has 3 aromatic heterocycles. The third-order valence-electron chi connectivity index (χ3n) is 5.40. The van der Waals surface area contributed by atoms with Crippen molar-refractivity contribution in [2.75, 3.05) is 6.54 Å². The normalized spacial score (nSPS) is 23.0. The molecule has 3 amide bonds.